The van der Waals surface area contributed by atoms with Gasteiger partial charge in [0.1, 0.15) is 6.61 Å². The van der Waals surface area contributed by atoms with E-state index in [4.69, 9.17) is 14.2 Å². The van der Waals surface area contributed by atoms with Gasteiger partial charge in [0.05, 0.1) is 6.61 Å². The SMILES string of the molecule is CC/C=C\C/C=C\C/C=C\C/C=C\C/C=C\CCCCCC(=O)OCC(COCCCCCCCC/C=C\C/C=C\CCC)OC(=O)CCCCCCCCCCCCCCCCCCCCC. The summed E-state index contributed by atoms with van der Waals surface area (Å²) in [7, 11) is 0. The highest BCUT2D eigenvalue weighted by Crippen LogP contribution is 2.16. The van der Waals surface area contributed by atoms with Crippen LogP contribution in [0.5, 0.6) is 0 Å². The number of carbonyl (C=O) groups excluding carboxylic acids is 2. The van der Waals surface area contributed by atoms with Gasteiger partial charge in [-0.1, -0.05) is 260 Å². The van der Waals surface area contributed by atoms with Gasteiger partial charge in [0.2, 0.25) is 0 Å². The van der Waals surface area contributed by atoms with Crippen LogP contribution in [-0.4, -0.2) is 37.9 Å². The van der Waals surface area contributed by atoms with Gasteiger partial charge in [-0.2, -0.15) is 0 Å². The van der Waals surface area contributed by atoms with Crippen molar-refractivity contribution in [3.05, 3.63) is 85.1 Å². The van der Waals surface area contributed by atoms with E-state index in [2.05, 4.69) is 106 Å². The van der Waals surface area contributed by atoms with Gasteiger partial charge < -0.3 is 14.2 Å². The number of hydrogen-bond donors (Lipinski definition) is 0. The number of allylic oxidation sites excluding steroid dienone is 14. The van der Waals surface area contributed by atoms with Gasteiger partial charge in [-0.25, -0.2) is 0 Å². The Hall–Kier alpha value is -2.92. The molecule has 68 heavy (non-hydrogen) atoms. The second-order valence-corrected chi connectivity index (χ2v) is 19.2. The van der Waals surface area contributed by atoms with E-state index in [9.17, 15) is 9.59 Å². The van der Waals surface area contributed by atoms with Crippen molar-refractivity contribution in [2.24, 2.45) is 0 Å². The lowest BCUT2D eigenvalue weighted by molar-refractivity contribution is -0.163. The van der Waals surface area contributed by atoms with Gasteiger partial charge in [-0.3, -0.25) is 9.59 Å². The highest BCUT2D eigenvalue weighted by atomic mass is 16.6. The molecule has 0 aliphatic heterocycles. The maximum atomic E-state index is 12.9. The predicted octanol–water partition coefficient (Wildman–Crippen LogP) is 20.0. The quantitative estimate of drug-likeness (QED) is 0.0345. The summed E-state index contributed by atoms with van der Waals surface area (Å²) in [5.41, 5.74) is 0. The molecule has 0 saturated carbocycles. The molecule has 0 aromatic rings. The van der Waals surface area contributed by atoms with Gasteiger partial charge in [0.15, 0.2) is 6.10 Å². The van der Waals surface area contributed by atoms with Crippen LogP contribution in [0.25, 0.3) is 0 Å². The van der Waals surface area contributed by atoms with Gasteiger partial charge in [-0.05, 0) is 89.9 Å². The third-order valence-electron chi connectivity index (χ3n) is 12.4. The molecule has 0 radical (unpaired) electrons. The fourth-order valence-corrected chi connectivity index (χ4v) is 8.11. The lowest BCUT2D eigenvalue weighted by Crippen LogP contribution is -2.30. The van der Waals surface area contributed by atoms with Crippen LogP contribution >= 0.6 is 0 Å². The molecule has 0 spiro atoms. The number of esters is 2. The first kappa shape index (κ1) is 65.1. The average Bonchev–Trinajstić information content (AvgIpc) is 3.34. The zero-order chi connectivity index (χ0) is 49.2. The maximum absolute atomic E-state index is 12.9. The fraction of sp³-hybridized carbons (Fsp3) is 0.746. The molecule has 0 rings (SSSR count). The molecular weight excluding hydrogens is 837 g/mol. The Kier molecular flexibility index (Phi) is 55.9. The average molecular weight is 948 g/mol. The fourth-order valence-electron chi connectivity index (χ4n) is 8.11. The minimum absolute atomic E-state index is 0.0628. The van der Waals surface area contributed by atoms with Crippen molar-refractivity contribution in [1.29, 1.82) is 0 Å². The van der Waals surface area contributed by atoms with E-state index >= 15 is 0 Å². The van der Waals surface area contributed by atoms with Gasteiger partial charge in [-0.15, -0.1) is 0 Å². The summed E-state index contributed by atoms with van der Waals surface area (Å²) in [5.74, 6) is -0.432. The standard InChI is InChI=1S/C63H110O5/c1-4-7-10-13-16-19-22-25-28-30-32-34-36-38-41-44-47-50-53-56-62(64)67-60-61(59-66-58-55-52-49-46-43-40-27-24-21-18-15-12-9-6-3)68-63(65)57-54-51-48-45-42-39-37-35-33-31-29-26-23-20-17-14-11-8-5-2/h7,10,12,15-16,19,21,24-25,28,32,34,38,41,61H,4-6,8-9,11,13-14,17-18,20,22-23,26-27,29-31,33,35-37,39-40,42-60H2,1-3H3/b10-7-,15-12-,19-16-,24-21-,28-25-,34-32-,41-38-. The van der Waals surface area contributed by atoms with Crippen LogP contribution in [0.2, 0.25) is 0 Å². The summed E-state index contributed by atoms with van der Waals surface area (Å²) in [6.07, 6.45) is 77.5. The Bertz CT molecular complexity index is 1250. The molecular formula is C63H110O5. The van der Waals surface area contributed by atoms with Crippen LogP contribution in [0.4, 0.5) is 0 Å². The van der Waals surface area contributed by atoms with E-state index in [1.165, 1.54) is 154 Å². The molecule has 0 aliphatic rings. The Morgan fingerprint density at radius 2 is 0.691 bits per heavy atom. The van der Waals surface area contributed by atoms with E-state index in [-0.39, 0.29) is 25.2 Å². The smallest absolute Gasteiger partial charge is 0.306 e. The summed E-state index contributed by atoms with van der Waals surface area (Å²) in [6.45, 7) is 7.63. The second kappa shape index (κ2) is 58.4. The molecule has 0 saturated heterocycles. The lowest BCUT2D eigenvalue weighted by atomic mass is 10.0. The summed E-state index contributed by atoms with van der Waals surface area (Å²) in [5, 5.41) is 0. The monoisotopic (exact) mass is 947 g/mol. The van der Waals surface area contributed by atoms with E-state index in [1.54, 1.807) is 0 Å². The van der Waals surface area contributed by atoms with E-state index in [1.807, 2.05) is 0 Å². The number of hydrogen-bond acceptors (Lipinski definition) is 5. The Labute approximate surface area is 422 Å². The molecule has 0 amide bonds. The van der Waals surface area contributed by atoms with Crippen molar-refractivity contribution in [2.75, 3.05) is 19.8 Å². The summed E-state index contributed by atoms with van der Waals surface area (Å²) in [4.78, 5) is 25.5. The minimum atomic E-state index is -0.558. The molecule has 1 atom stereocenters. The van der Waals surface area contributed by atoms with Gasteiger partial charge in [0, 0.05) is 19.4 Å². The van der Waals surface area contributed by atoms with Crippen molar-refractivity contribution >= 4 is 11.9 Å². The van der Waals surface area contributed by atoms with Crippen LogP contribution in [-0.2, 0) is 23.8 Å². The highest BCUT2D eigenvalue weighted by Gasteiger charge is 2.17. The van der Waals surface area contributed by atoms with E-state index in [0.29, 0.717) is 19.4 Å². The summed E-state index contributed by atoms with van der Waals surface area (Å²) < 4.78 is 17.5. The largest absolute Gasteiger partial charge is 0.462 e. The Morgan fingerprint density at radius 1 is 0.338 bits per heavy atom. The second-order valence-electron chi connectivity index (χ2n) is 19.2. The third kappa shape index (κ3) is 55.7. The van der Waals surface area contributed by atoms with Crippen molar-refractivity contribution in [1.82, 2.24) is 0 Å². The Balaban J connectivity index is 4.31. The maximum Gasteiger partial charge on any atom is 0.306 e. The minimum Gasteiger partial charge on any atom is -0.462 e. The van der Waals surface area contributed by atoms with Crippen LogP contribution in [0.15, 0.2) is 85.1 Å². The molecule has 0 aromatic heterocycles. The molecule has 0 N–H and O–H groups in total. The van der Waals surface area contributed by atoms with Gasteiger partial charge in [0.25, 0.3) is 0 Å². The van der Waals surface area contributed by atoms with E-state index in [0.717, 1.165) is 89.9 Å². The predicted molar refractivity (Wildman–Crippen MR) is 297 cm³/mol. The molecule has 5 nitrogen and oxygen atoms in total. The van der Waals surface area contributed by atoms with Crippen LogP contribution in [0.1, 0.15) is 278 Å². The third-order valence-corrected chi connectivity index (χ3v) is 12.4. The van der Waals surface area contributed by atoms with Crippen molar-refractivity contribution in [3.8, 4) is 0 Å². The zero-order valence-corrected chi connectivity index (χ0v) is 45.1. The molecule has 0 bridgehead atoms. The van der Waals surface area contributed by atoms with Crippen LogP contribution < -0.4 is 0 Å². The van der Waals surface area contributed by atoms with E-state index < -0.39 is 6.10 Å². The number of ether oxygens (including phenoxy) is 3. The number of carbonyl (C=O) groups is 2. The first-order valence-electron chi connectivity index (χ1n) is 29.1. The molecule has 5 heteroatoms. The molecule has 1 unspecified atom stereocenters. The zero-order valence-electron chi connectivity index (χ0n) is 45.1. The molecule has 0 aromatic carbocycles. The first-order valence-corrected chi connectivity index (χ1v) is 29.1. The van der Waals surface area contributed by atoms with Crippen molar-refractivity contribution < 1.29 is 23.8 Å². The highest BCUT2D eigenvalue weighted by molar-refractivity contribution is 5.70. The summed E-state index contributed by atoms with van der Waals surface area (Å²) >= 11 is 0. The van der Waals surface area contributed by atoms with Crippen LogP contribution in [0.3, 0.4) is 0 Å². The summed E-state index contributed by atoms with van der Waals surface area (Å²) in [6, 6.07) is 0. The normalized spacial score (nSPS) is 12.8. The van der Waals surface area contributed by atoms with Gasteiger partial charge >= 0.3 is 11.9 Å². The van der Waals surface area contributed by atoms with Crippen LogP contribution in [0, 0.1) is 0 Å². The molecule has 392 valence electrons. The molecule has 0 aliphatic carbocycles. The lowest BCUT2D eigenvalue weighted by Gasteiger charge is -2.18. The van der Waals surface area contributed by atoms with Crippen molar-refractivity contribution in [3.63, 3.8) is 0 Å². The topological polar surface area (TPSA) is 61.8 Å². The molecule has 0 fully saturated rings. The number of rotatable bonds is 53. The number of unbranched alkanes of at least 4 members (excludes halogenated alkanes) is 28. The Morgan fingerprint density at radius 3 is 1.13 bits per heavy atom. The first-order chi connectivity index (χ1) is 33.6. The molecule has 0 heterocycles. The van der Waals surface area contributed by atoms with Crippen molar-refractivity contribution in [2.45, 2.75) is 284 Å².